The van der Waals surface area contributed by atoms with Crippen molar-refractivity contribution in [2.24, 2.45) is 22.7 Å². The lowest BCUT2D eigenvalue weighted by Crippen LogP contribution is -2.71. The molecule has 3 saturated carbocycles. The van der Waals surface area contributed by atoms with Gasteiger partial charge in [-0.25, -0.2) is 8.78 Å². The standard InChI is InChI=1S/C37H43F2NO7/c1-34-12-11-23(42)15-26(34)27(38)16-25-24-17-32-37(31(44)19-41,35(24,2)18-30(43)36(25,34)39)47-33(46-32)22-8-5-20(6-9-22)13-21-7-10-28(40-3)29(14-21)45-4/h5-12,14-15,24-25,27,30-33,40-41,43-44H,13,16-19H2,1-4H3/t24-,25-,27-,30-,31?,32+,33-,34-,35-,36-,37+/m0/s1. The van der Waals surface area contributed by atoms with E-state index in [4.69, 9.17) is 14.2 Å². The van der Waals surface area contributed by atoms with Gasteiger partial charge in [-0.15, -0.1) is 0 Å². The Morgan fingerprint density at radius 3 is 2.51 bits per heavy atom. The zero-order valence-electron chi connectivity index (χ0n) is 27.1. The molecule has 0 radical (unpaired) electrons. The second-order valence-electron chi connectivity index (χ2n) is 14.4. The van der Waals surface area contributed by atoms with Crippen LogP contribution in [-0.4, -0.2) is 77.6 Å². The van der Waals surface area contributed by atoms with Gasteiger partial charge in [0.1, 0.15) is 23.6 Å². The molecule has 4 fully saturated rings. The fraction of sp³-hybridized carbons (Fsp3) is 0.541. The van der Waals surface area contributed by atoms with Crippen molar-refractivity contribution in [2.75, 3.05) is 26.1 Å². The fourth-order valence-electron chi connectivity index (χ4n) is 9.97. The van der Waals surface area contributed by atoms with Crippen LogP contribution in [0.2, 0.25) is 0 Å². The Morgan fingerprint density at radius 1 is 1.11 bits per heavy atom. The monoisotopic (exact) mass is 651 g/mol. The van der Waals surface area contributed by atoms with Gasteiger partial charge < -0.3 is 34.8 Å². The van der Waals surface area contributed by atoms with Gasteiger partial charge in [0.25, 0.3) is 0 Å². The summed E-state index contributed by atoms with van der Waals surface area (Å²) in [5.41, 5.74) is -2.54. The molecular weight excluding hydrogens is 608 g/mol. The number of allylic oxidation sites excluding steroid dienone is 4. The van der Waals surface area contributed by atoms with E-state index < -0.39 is 77.1 Å². The van der Waals surface area contributed by atoms with Crippen LogP contribution in [0.4, 0.5) is 14.5 Å². The van der Waals surface area contributed by atoms with E-state index in [1.807, 2.05) is 56.4 Å². The molecule has 1 heterocycles. The van der Waals surface area contributed by atoms with Crippen LogP contribution in [0.3, 0.4) is 0 Å². The first-order valence-corrected chi connectivity index (χ1v) is 16.4. The fourth-order valence-corrected chi connectivity index (χ4v) is 9.97. The van der Waals surface area contributed by atoms with Gasteiger partial charge in [0.05, 0.1) is 31.6 Å². The van der Waals surface area contributed by atoms with E-state index in [9.17, 15) is 20.1 Å². The number of rotatable bonds is 7. The number of carbonyl (C=O) groups is 1. The van der Waals surface area contributed by atoms with Crippen LogP contribution < -0.4 is 10.1 Å². The number of fused-ring (bicyclic) bond motifs is 7. The lowest BCUT2D eigenvalue weighted by molar-refractivity contribution is -0.257. The molecule has 10 heteroatoms. The van der Waals surface area contributed by atoms with Gasteiger partial charge in [0, 0.05) is 29.4 Å². The van der Waals surface area contributed by atoms with Gasteiger partial charge in [0.2, 0.25) is 0 Å². The maximum Gasteiger partial charge on any atom is 0.185 e. The summed E-state index contributed by atoms with van der Waals surface area (Å²) in [4.78, 5) is 12.2. The van der Waals surface area contributed by atoms with Crippen molar-refractivity contribution in [3.05, 3.63) is 83.0 Å². The Labute approximate surface area is 273 Å². The summed E-state index contributed by atoms with van der Waals surface area (Å²) >= 11 is 0. The highest BCUT2D eigenvalue weighted by molar-refractivity contribution is 6.01. The van der Waals surface area contributed by atoms with E-state index >= 15 is 8.78 Å². The second-order valence-corrected chi connectivity index (χ2v) is 14.4. The average Bonchev–Trinajstić information content (AvgIpc) is 3.56. The van der Waals surface area contributed by atoms with Crippen molar-refractivity contribution < 1.29 is 43.1 Å². The molecule has 1 aliphatic heterocycles. The van der Waals surface area contributed by atoms with Crippen LogP contribution >= 0.6 is 0 Å². The van der Waals surface area contributed by atoms with Gasteiger partial charge in [0.15, 0.2) is 17.7 Å². The summed E-state index contributed by atoms with van der Waals surface area (Å²) in [5.74, 6) is -1.14. The number of ketones is 1. The molecule has 1 unspecified atom stereocenters. The quantitative estimate of drug-likeness (QED) is 0.339. The first-order valence-electron chi connectivity index (χ1n) is 16.4. The summed E-state index contributed by atoms with van der Waals surface area (Å²) < 4.78 is 52.2. The normalized spacial score (nSPS) is 41.0. The number of benzene rings is 2. The molecule has 4 aliphatic carbocycles. The predicted molar refractivity (Wildman–Crippen MR) is 170 cm³/mol. The van der Waals surface area contributed by atoms with E-state index in [1.54, 1.807) is 14.0 Å². The lowest BCUT2D eigenvalue weighted by atomic mass is 9.44. The first-order chi connectivity index (χ1) is 22.4. The zero-order valence-corrected chi connectivity index (χ0v) is 27.1. The number of hydrogen-bond donors (Lipinski definition) is 4. The number of ether oxygens (including phenoxy) is 3. The van der Waals surface area contributed by atoms with Gasteiger partial charge in [-0.05, 0) is 79.5 Å². The van der Waals surface area contributed by atoms with Crippen molar-refractivity contribution in [1.29, 1.82) is 0 Å². The van der Waals surface area contributed by atoms with Crippen molar-refractivity contribution in [2.45, 2.75) is 81.6 Å². The number of carbonyl (C=O) groups excluding carboxylic acids is 1. The summed E-state index contributed by atoms with van der Waals surface area (Å²) in [5, 5.41) is 36.6. The van der Waals surface area contributed by atoms with Crippen LogP contribution in [0.5, 0.6) is 5.75 Å². The van der Waals surface area contributed by atoms with E-state index in [2.05, 4.69) is 5.32 Å². The van der Waals surface area contributed by atoms with Crippen LogP contribution in [0, 0.1) is 22.7 Å². The number of alkyl halides is 2. The molecule has 4 N–H and O–H groups in total. The van der Waals surface area contributed by atoms with Crippen molar-refractivity contribution in [3.8, 4) is 5.75 Å². The molecule has 47 heavy (non-hydrogen) atoms. The summed E-state index contributed by atoms with van der Waals surface area (Å²) in [7, 11) is 3.47. The largest absolute Gasteiger partial charge is 0.495 e. The predicted octanol–water partition coefficient (Wildman–Crippen LogP) is 4.76. The third-order valence-electron chi connectivity index (χ3n) is 12.3. The third kappa shape index (κ3) is 4.37. The molecule has 11 atom stereocenters. The second kappa shape index (κ2) is 11.2. The molecule has 0 aromatic heterocycles. The number of aliphatic hydroxyl groups is 3. The van der Waals surface area contributed by atoms with E-state index in [-0.39, 0.29) is 24.8 Å². The molecule has 0 spiro atoms. The minimum Gasteiger partial charge on any atom is -0.495 e. The Kier molecular flexibility index (Phi) is 7.72. The molecule has 0 bridgehead atoms. The maximum absolute atomic E-state index is 17.6. The van der Waals surface area contributed by atoms with E-state index in [0.717, 1.165) is 22.6 Å². The third-order valence-corrected chi connectivity index (χ3v) is 12.3. The summed E-state index contributed by atoms with van der Waals surface area (Å²) in [6, 6.07) is 13.8. The minimum atomic E-state index is -2.26. The zero-order chi connectivity index (χ0) is 33.5. The van der Waals surface area contributed by atoms with Gasteiger partial charge in [-0.2, -0.15) is 0 Å². The molecule has 2 aromatic rings. The SMILES string of the molecule is CNc1ccc(Cc2ccc([C@H]3O[C@@H]4C[C@H]5[C@@H]6C[C@H](F)C7=CC(=O)C=C[C@]7(C)[C@@]6(F)[C@@H](O)C[C@]5(C)[C@]4(C(O)CO)O3)cc2)cc1OC. The molecule has 252 valence electrons. The highest BCUT2D eigenvalue weighted by Crippen LogP contribution is 2.73. The van der Waals surface area contributed by atoms with Crippen molar-refractivity contribution in [1.82, 2.24) is 0 Å². The number of nitrogens with one attached hydrogen (secondary N) is 1. The molecule has 2 aromatic carbocycles. The molecule has 8 nitrogen and oxygen atoms in total. The van der Waals surface area contributed by atoms with Crippen LogP contribution in [0.15, 0.2) is 66.3 Å². The Hall–Kier alpha value is -3.15. The Morgan fingerprint density at radius 2 is 1.83 bits per heavy atom. The Bertz CT molecular complexity index is 1630. The molecule has 1 saturated heterocycles. The number of methoxy groups -OCH3 is 1. The molecule has 7 rings (SSSR count). The molecule has 5 aliphatic rings. The number of halogens is 2. The molecular formula is C37H43F2NO7. The Balaban J connectivity index is 1.18. The number of anilines is 1. The topological polar surface area (TPSA) is 117 Å². The molecule has 0 amide bonds. The van der Waals surface area contributed by atoms with Crippen LogP contribution in [0.1, 0.15) is 56.1 Å². The smallest absolute Gasteiger partial charge is 0.185 e. The maximum atomic E-state index is 17.6. The minimum absolute atomic E-state index is 0.0554. The van der Waals surface area contributed by atoms with Crippen molar-refractivity contribution in [3.63, 3.8) is 0 Å². The highest BCUT2D eigenvalue weighted by Gasteiger charge is 2.79. The first kappa shape index (κ1) is 32.4. The van der Waals surface area contributed by atoms with Crippen molar-refractivity contribution >= 4 is 11.5 Å². The number of aliphatic hydroxyl groups excluding tert-OH is 3. The summed E-state index contributed by atoms with van der Waals surface area (Å²) in [6.07, 6.45) is -1.74. The van der Waals surface area contributed by atoms with E-state index in [0.29, 0.717) is 12.0 Å². The van der Waals surface area contributed by atoms with Gasteiger partial charge in [-0.1, -0.05) is 43.3 Å². The lowest BCUT2D eigenvalue weighted by Gasteiger charge is -2.63. The van der Waals surface area contributed by atoms with Gasteiger partial charge in [-0.3, -0.25) is 4.79 Å². The van der Waals surface area contributed by atoms with E-state index in [1.165, 1.54) is 18.2 Å². The average molecular weight is 652 g/mol. The van der Waals surface area contributed by atoms with Crippen LogP contribution in [0.25, 0.3) is 0 Å². The number of hydrogen-bond acceptors (Lipinski definition) is 8. The van der Waals surface area contributed by atoms with Crippen LogP contribution in [-0.2, 0) is 20.7 Å². The summed E-state index contributed by atoms with van der Waals surface area (Å²) in [6.45, 7) is 2.76. The highest BCUT2D eigenvalue weighted by atomic mass is 19.1. The van der Waals surface area contributed by atoms with Gasteiger partial charge >= 0.3 is 0 Å².